The Balaban J connectivity index is 2.93. The number of nitro groups is 1. The maximum Gasteiger partial charge on any atom is 0.297 e. The van der Waals surface area contributed by atoms with Gasteiger partial charge in [0.15, 0.2) is 0 Å². The van der Waals surface area contributed by atoms with Crippen molar-refractivity contribution < 1.29 is 24.6 Å². The molecule has 136 valence electrons. The molecule has 0 saturated heterocycles. The van der Waals surface area contributed by atoms with Gasteiger partial charge in [0.05, 0.1) is 55.3 Å². The number of hydrogen-bond acceptors (Lipinski definition) is 8. The number of aliphatic hydroxyl groups excluding tert-OH is 2. The van der Waals surface area contributed by atoms with E-state index in [2.05, 4.69) is 5.32 Å². The van der Waals surface area contributed by atoms with Gasteiger partial charge in [-0.25, -0.2) is 0 Å². The van der Waals surface area contributed by atoms with Gasteiger partial charge in [0, 0.05) is 18.5 Å². The number of nitrogens with two attached hydrogens (primary N) is 1. The zero-order chi connectivity index (χ0) is 17.9. The third-order valence-corrected chi connectivity index (χ3v) is 3.40. The standard InChI is InChI=1S/C14H22ClN3O6/c15-11-9-10(1-5-23-7-3-19)14(18(21)22)13(12(11)16)17-2-6-24-8-4-20/h9,17,19-20H,1-8,16H2. The predicted octanol–water partition coefficient (Wildman–Crippen LogP) is 0.803. The van der Waals surface area contributed by atoms with E-state index in [1.54, 1.807) is 0 Å². The third-order valence-electron chi connectivity index (χ3n) is 3.09. The fourth-order valence-electron chi connectivity index (χ4n) is 2.05. The smallest absolute Gasteiger partial charge is 0.297 e. The van der Waals surface area contributed by atoms with E-state index in [9.17, 15) is 10.1 Å². The summed E-state index contributed by atoms with van der Waals surface area (Å²) < 4.78 is 10.2. The highest BCUT2D eigenvalue weighted by atomic mass is 35.5. The molecule has 0 spiro atoms. The first-order valence-electron chi connectivity index (χ1n) is 7.39. The van der Waals surface area contributed by atoms with E-state index in [1.165, 1.54) is 6.07 Å². The number of nitrogen functional groups attached to an aromatic ring is 1. The zero-order valence-corrected chi connectivity index (χ0v) is 13.9. The summed E-state index contributed by atoms with van der Waals surface area (Å²) in [4.78, 5) is 10.9. The van der Waals surface area contributed by atoms with Gasteiger partial charge in [-0.05, 0) is 6.07 Å². The Hall–Kier alpha value is -1.65. The van der Waals surface area contributed by atoms with Gasteiger partial charge in [-0.2, -0.15) is 0 Å². The molecule has 1 aromatic carbocycles. The van der Waals surface area contributed by atoms with E-state index in [1.807, 2.05) is 0 Å². The molecule has 0 amide bonds. The fourth-order valence-corrected chi connectivity index (χ4v) is 2.27. The average molecular weight is 364 g/mol. The molecule has 0 aliphatic rings. The van der Waals surface area contributed by atoms with Gasteiger partial charge >= 0.3 is 0 Å². The summed E-state index contributed by atoms with van der Waals surface area (Å²) in [5.41, 5.74) is 6.31. The Bertz CT molecular complexity index is 544. The second-order valence-electron chi connectivity index (χ2n) is 4.76. The van der Waals surface area contributed by atoms with Crippen LogP contribution in [0, 0.1) is 10.1 Å². The van der Waals surface area contributed by atoms with Gasteiger partial charge in [0.1, 0.15) is 5.69 Å². The quantitative estimate of drug-likeness (QED) is 0.185. The number of nitrogens with zero attached hydrogens (tertiary/aromatic N) is 1. The molecule has 5 N–H and O–H groups in total. The van der Waals surface area contributed by atoms with Gasteiger partial charge in [-0.3, -0.25) is 10.1 Å². The Morgan fingerprint density at radius 2 is 1.83 bits per heavy atom. The molecule has 0 unspecified atom stereocenters. The van der Waals surface area contributed by atoms with Crippen molar-refractivity contribution in [1.82, 2.24) is 0 Å². The SMILES string of the molecule is Nc1c(Cl)cc(CCOCCO)c([N+](=O)[O-])c1NCCOCCO. The normalized spacial score (nSPS) is 10.8. The van der Waals surface area contributed by atoms with Crippen molar-refractivity contribution in [2.45, 2.75) is 6.42 Å². The van der Waals surface area contributed by atoms with Crippen molar-refractivity contribution in [1.29, 1.82) is 0 Å². The van der Waals surface area contributed by atoms with E-state index in [4.69, 9.17) is 37.0 Å². The maximum absolute atomic E-state index is 11.5. The van der Waals surface area contributed by atoms with Crippen LogP contribution in [-0.2, 0) is 15.9 Å². The van der Waals surface area contributed by atoms with Gasteiger partial charge in [-0.15, -0.1) is 0 Å². The molecule has 9 nitrogen and oxygen atoms in total. The van der Waals surface area contributed by atoms with Gasteiger partial charge in [-0.1, -0.05) is 11.6 Å². The molecule has 0 atom stereocenters. The lowest BCUT2D eigenvalue weighted by atomic mass is 10.1. The van der Waals surface area contributed by atoms with E-state index < -0.39 is 4.92 Å². The Labute approximate surface area is 144 Å². The van der Waals surface area contributed by atoms with Crippen LogP contribution in [0.4, 0.5) is 17.1 Å². The van der Waals surface area contributed by atoms with Crippen molar-refractivity contribution in [2.24, 2.45) is 0 Å². The molecule has 0 saturated carbocycles. The van der Waals surface area contributed by atoms with Crippen molar-refractivity contribution in [3.05, 3.63) is 26.8 Å². The largest absolute Gasteiger partial charge is 0.396 e. The molecular formula is C14H22ClN3O6. The van der Waals surface area contributed by atoms with Crippen LogP contribution in [-0.4, -0.2) is 61.3 Å². The fraction of sp³-hybridized carbons (Fsp3) is 0.571. The molecule has 0 radical (unpaired) electrons. The summed E-state index contributed by atoms with van der Waals surface area (Å²) in [5, 5.41) is 31.8. The minimum atomic E-state index is -0.523. The lowest BCUT2D eigenvalue weighted by Gasteiger charge is -2.14. The van der Waals surface area contributed by atoms with Crippen LogP contribution < -0.4 is 11.1 Å². The predicted molar refractivity (Wildman–Crippen MR) is 90.5 cm³/mol. The van der Waals surface area contributed by atoms with Crippen LogP contribution in [0.25, 0.3) is 0 Å². The van der Waals surface area contributed by atoms with E-state index in [0.717, 1.165) is 0 Å². The first-order valence-corrected chi connectivity index (χ1v) is 7.77. The maximum atomic E-state index is 11.5. The lowest BCUT2D eigenvalue weighted by Crippen LogP contribution is -2.15. The molecular weight excluding hydrogens is 342 g/mol. The van der Waals surface area contributed by atoms with Crippen LogP contribution in [0.2, 0.25) is 5.02 Å². The number of hydrogen-bond donors (Lipinski definition) is 4. The average Bonchev–Trinajstić information content (AvgIpc) is 2.55. The Morgan fingerprint density at radius 3 is 2.42 bits per heavy atom. The van der Waals surface area contributed by atoms with Crippen molar-refractivity contribution in [3.8, 4) is 0 Å². The van der Waals surface area contributed by atoms with Crippen LogP contribution in [0.15, 0.2) is 6.07 Å². The molecule has 10 heteroatoms. The molecule has 0 heterocycles. The first-order chi connectivity index (χ1) is 11.5. The molecule has 0 bridgehead atoms. The van der Waals surface area contributed by atoms with Crippen LogP contribution in [0.3, 0.4) is 0 Å². The highest BCUT2D eigenvalue weighted by Crippen LogP contribution is 2.39. The molecule has 24 heavy (non-hydrogen) atoms. The van der Waals surface area contributed by atoms with Gasteiger partial charge < -0.3 is 30.7 Å². The molecule has 0 aliphatic carbocycles. The number of aliphatic hydroxyl groups is 2. The Kier molecular flexibility index (Phi) is 9.35. The zero-order valence-electron chi connectivity index (χ0n) is 13.2. The summed E-state index contributed by atoms with van der Waals surface area (Å²) >= 11 is 6.07. The van der Waals surface area contributed by atoms with Crippen molar-refractivity contribution in [3.63, 3.8) is 0 Å². The second kappa shape index (κ2) is 11.0. The number of benzene rings is 1. The molecule has 0 aromatic heterocycles. The highest BCUT2D eigenvalue weighted by Gasteiger charge is 2.24. The van der Waals surface area contributed by atoms with E-state index in [0.29, 0.717) is 5.56 Å². The number of nitro benzene ring substituents is 1. The van der Waals surface area contributed by atoms with Gasteiger partial charge in [0.2, 0.25) is 0 Å². The van der Waals surface area contributed by atoms with Gasteiger partial charge in [0.25, 0.3) is 5.69 Å². The van der Waals surface area contributed by atoms with E-state index >= 15 is 0 Å². The number of nitrogens with one attached hydrogen (secondary N) is 1. The Morgan fingerprint density at radius 1 is 1.21 bits per heavy atom. The second-order valence-corrected chi connectivity index (χ2v) is 5.17. The number of anilines is 2. The minimum absolute atomic E-state index is 0.0885. The highest BCUT2D eigenvalue weighted by molar-refractivity contribution is 6.34. The summed E-state index contributed by atoms with van der Waals surface area (Å²) in [6, 6.07) is 1.45. The number of rotatable bonds is 12. The molecule has 0 fully saturated rings. The van der Waals surface area contributed by atoms with Crippen LogP contribution >= 0.6 is 11.6 Å². The van der Waals surface area contributed by atoms with Crippen LogP contribution in [0.1, 0.15) is 5.56 Å². The molecule has 1 rings (SSSR count). The monoisotopic (exact) mass is 363 g/mol. The van der Waals surface area contributed by atoms with Crippen molar-refractivity contribution in [2.75, 3.05) is 57.2 Å². The van der Waals surface area contributed by atoms with E-state index in [-0.39, 0.29) is 74.7 Å². The topological polar surface area (TPSA) is 140 Å². The summed E-state index contributed by atoms with van der Waals surface area (Å²) in [5.74, 6) is 0. The van der Waals surface area contributed by atoms with Crippen molar-refractivity contribution >= 4 is 28.7 Å². The summed E-state index contributed by atoms with van der Waals surface area (Å²) in [6.45, 7) is 0.847. The molecule has 1 aromatic rings. The third kappa shape index (κ3) is 6.10. The summed E-state index contributed by atoms with van der Waals surface area (Å²) in [7, 11) is 0. The lowest BCUT2D eigenvalue weighted by molar-refractivity contribution is -0.384. The first kappa shape index (κ1) is 20.4. The summed E-state index contributed by atoms with van der Waals surface area (Å²) in [6.07, 6.45) is 0.256. The van der Waals surface area contributed by atoms with Crippen LogP contribution in [0.5, 0.6) is 0 Å². The number of ether oxygens (including phenoxy) is 2. The molecule has 0 aliphatic heterocycles. The number of halogens is 1. The minimum Gasteiger partial charge on any atom is -0.396 e.